The average Bonchev–Trinajstić information content (AvgIpc) is 2.87. The maximum absolute atomic E-state index is 9.06. The second-order valence-electron chi connectivity index (χ2n) is 4.05. The maximum atomic E-state index is 9.06. The first-order valence-electron chi connectivity index (χ1n) is 5.72. The van der Waals surface area contributed by atoms with Crippen molar-refractivity contribution in [2.24, 2.45) is 0 Å². The molecule has 7 nitrogen and oxygen atoms in total. The molecule has 1 aromatic heterocycles. The van der Waals surface area contributed by atoms with Crippen molar-refractivity contribution in [1.29, 1.82) is 0 Å². The molecular weight excluding hydrogens is 224 g/mol. The molecule has 0 aliphatic carbocycles. The summed E-state index contributed by atoms with van der Waals surface area (Å²) in [7, 11) is 1.84. The number of hydrogen-bond donors (Lipinski definition) is 2. The minimum atomic E-state index is -0.180. The lowest BCUT2D eigenvalue weighted by Crippen LogP contribution is -2.44. The van der Waals surface area contributed by atoms with Gasteiger partial charge in [0.15, 0.2) is 0 Å². The minimum absolute atomic E-state index is 0.00438. The van der Waals surface area contributed by atoms with Gasteiger partial charge < -0.3 is 24.5 Å². The first-order chi connectivity index (χ1) is 8.24. The number of anilines is 1. The van der Waals surface area contributed by atoms with Gasteiger partial charge in [0.2, 0.25) is 5.89 Å². The highest BCUT2D eigenvalue weighted by Crippen LogP contribution is 2.19. The Balaban J connectivity index is 2.04. The third kappa shape index (κ3) is 2.74. The smallest absolute Gasteiger partial charge is 0.318 e. The van der Waals surface area contributed by atoms with E-state index >= 15 is 0 Å². The molecule has 0 spiro atoms. The first kappa shape index (κ1) is 12.3. The predicted octanol–water partition coefficient (Wildman–Crippen LogP) is -0.452. The van der Waals surface area contributed by atoms with Crippen LogP contribution in [0.4, 0.5) is 6.01 Å². The molecule has 1 aromatic rings. The van der Waals surface area contributed by atoms with E-state index in [1.54, 1.807) is 0 Å². The quantitative estimate of drug-likeness (QED) is 0.739. The molecule has 7 heteroatoms. The van der Waals surface area contributed by atoms with Gasteiger partial charge in [-0.2, -0.15) is 0 Å². The van der Waals surface area contributed by atoms with Gasteiger partial charge in [0.25, 0.3) is 0 Å². The number of nitrogens with one attached hydrogen (secondary N) is 1. The largest absolute Gasteiger partial charge is 0.406 e. The van der Waals surface area contributed by atoms with Crippen LogP contribution < -0.4 is 10.2 Å². The molecule has 2 unspecified atom stereocenters. The van der Waals surface area contributed by atoms with Gasteiger partial charge in [0.05, 0.1) is 31.9 Å². The van der Waals surface area contributed by atoms with E-state index < -0.39 is 0 Å². The Kier molecular flexibility index (Phi) is 3.93. The van der Waals surface area contributed by atoms with Crippen molar-refractivity contribution >= 4 is 6.01 Å². The molecule has 96 valence electrons. The van der Waals surface area contributed by atoms with Gasteiger partial charge in [0, 0.05) is 6.54 Å². The zero-order valence-corrected chi connectivity index (χ0v) is 10.1. The Morgan fingerprint density at radius 3 is 3.12 bits per heavy atom. The van der Waals surface area contributed by atoms with Gasteiger partial charge in [-0.05, 0) is 14.0 Å². The van der Waals surface area contributed by atoms with Gasteiger partial charge in [-0.1, -0.05) is 5.10 Å². The summed E-state index contributed by atoms with van der Waals surface area (Å²) in [4.78, 5) is 1.93. The van der Waals surface area contributed by atoms with Crippen LogP contribution >= 0.6 is 0 Å². The predicted molar refractivity (Wildman–Crippen MR) is 60.8 cm³/mol. The summed E-state index contributed by atoms with van der Waals surface area (Å²) in [6, 6.07) is 0.523. The normalized spacial score (nSPS) is 22.8. The standard InChI is InChI=1S/C10H18N4O3/c1-7(11-2)9-12-13-10(17-9)14-3-4-16-8(5-14)6-15/h7-8,11,15H,3-6H2,1-2H3. The highest BCUT2D eigenvalue weighted by Gasteiger charge is 2.24. The number of ether oxygens (including phenoxy) is 1. The van der Waals surface area contributed by atoms with E-state index in [0.29, 0.717) is 31.6 Å². The second-order valence-corrected chi connectivity index (χ2v) is 4.05. The summed E-state index contributed by atoms with van der Waals surface area (Å²) in [6.45, 7) is 3.79. The molecule has 0 radical (unpaired) electrons. The number of aliphatic hydroxyl groups excluding tert-OH is 1. The Morgan fingerprint density at radius 1 is 1.59 bits per heavy atom. The van der Waals surface area contributed by atoms with Crippen molar-refractivity contribution in [3.63, 3.8) is 0 Å². The molecule has 2 N–H and O–H groups in total. The molecule has 1 aliphatic heterocycles. The van der Waals surface area contributed by atoms with Gasteiger partial charge in [-0.25, -0.2) is 0 Å². The van der Waals surface area contributed by atoms with Crippen molar-refractivity contribution in [2.45, 2.75) is 19.1 Å². The minimum Gasteiger partial charge on any atom is -0.406 e. The van der Waals surface area contributed by atoms with E-state index in [1.807, 2.05) is 18.9 Å². The van der Waals surface area contributed by atoms with Crippen LogP contribution in [0.15, 0.2) is 4.42 Å². The van der Waals surface area contributed by atoms with Gasteiger partial charge in [-0.3, -0.25) is 0 Å². The van der Waals surface area contributed by atoms with Crippen LogP contribution in [-0.2, 0) is 4.74 Å². The van der Waals surface area contributed by atoms with E-state index in [0.717, 1.165) is 0 Å². The zero-order chi connectivity index (χ0) is 12.3. The lowest BCUT2D eigenvalue weighted by atomic mass is 10.3. The van der Waals surface area contributed by atoms with Crippen molar-refractivity contribution in [3.8, 4) is 0 Å². The summed E-state index contributed by atoms with van der Waals surface area (Å²) in [5, 5.41) is 20.1. The number of aliphatic hydroxyl groups is 1. The third-order valence-electron chi connectivity index (χ3n) is 2.85. The molecule has 2 heterocycles. The molecule has 1 fully saturated rings. The first-order valence-corrected chi connectivity index (χ1v) is 5.72. The fraction of sp³-hybridized carbons (Fsp3) is 0.800. The van der Waals surface area contributed by atoms with Gasteiger partial charge in [-0.15, -0.1) is 5.10 Å². The lowest BCUT2D eigenvalue weighted by molar-refractivity contribution is 0.00222. The van der Waals surface area contributed by atoms with Crippen LogP contribution in [0, 0.1) is 0 Å². The fourth-order valence-electron chi connectivity index (χ4n) is 1.66. The molecule has 17 heavy (non-hydrogen) atoms. The van der Waals surface area contributed by atoms with Crippen molar-refractivity contribution in [3.05, 3.63) is 5.89 Å². The van der Waals surface area contributed by atoms with Crippen LogP contribution in [-0.4, -0.2) is 54.8 Å². The SMILES string of the molecule is CNC(C)c1nnc(N2CCOC(CO)C2)o1. The summed E-state index contributed by atoms with van der Waals surface area (Å²) in [5.74, 6) is 0.564. The summed E-state index contributed by atoms with van der Waals surface area (Å²) >= 11 is 0. The Hall–Kier alpha value is -1.18. The molecule has 0 bridgehead atoms. The highest BCUT2D eigenvalue weighted by molar-refractivity contribution is 5.25. The third-order valence-corrected chi connectivity index (χ3v) is 2.85. The number of rotatable bonds is 4. The number of hydrogen-bond acceptors (Lipinski definition) is 7. The lowest BCUT2D eigenvalue weighted by Gasteiger charge is -2.30. The fourth-order valence-corrected chi connectivity index (χ4v) is 1.66. The average molecular weight is 242 g/mol. The van der Waals surface area contributed by atoms with Gasteiger partial charge in [0.1, 0.15) is 0 Å². The second kappa shape index (κ2) is 5.44. The Labute approximate surface area is 99.8 Å². The van der Waals surface area contributed by atoms with E-state index in [-0.39, 0.29) is 18.8 Å². The van der Waals surface area contributed by atoms with Crippen molar-refractivity contribution in [2.75, 3.05) is 38.3 Å². The van der Waals surface area contributed by atoms with E-state index in [1.165, 1.54) is 0 Å². The summed E-state index contributed by atoms with van der Waals surface area (Å²) in [6.07, 6.45) is -0.180. The number of morpholine rings is 1. The van der Waals surface area contributed by atoms with Crippen LogP contribution in [0.1, 0.15) is 18.9 Å². The van der Waals surface area contributed by atoms with Crippen molar-refractivity contribution in [1.82, 2.24) is 15.5 Å². The molecule has 0 saturated carbocycles. The molecule has 1 saturated heterocycles. The molecule has 2 rings (SSSR count). The highest BCUT2D eigenvalue weighted by atomic mass is 16.5. The number of aromatic nitrogens is 2. The van der Waals surface area contributed by atoms with E-state index in [4.69, 9.17) is 14.3 Å². The number of nitrogens with zero attached hydrogens (tertiary/aromatic N) is 3. The van der Waals surface area contributed by atoms with Crippen LogP contribution in [0.3, 0.4) is 0 Å². The van der Waals surface area contributed by atoms with Crippen LogP contribution in [0.5, 0.6) is 0 Å². The Morgan fingerprint density at radius 2 is 2.41 bits per heavy atom. The van der Waals surface area contributed by atoms with Crippen LogP contribution in [0.2, 0.25) is 0 Å². The molecular formula is C10H18N4O3. The molecule has 0 aromatic carbocycles. The van der Waals surface area contributed by atoms with Crippen molar-refractivity contribution < 1.29 is 14.3 Å². The molecule has 0 amide bonds. The monoisotopic (exact) mass is 242 g/mol. The molecule has 2 atom stereocenters. The van der Waals surface area contributed by atoms with Crippen LogP contribution in [0.25, 0.3) is 0 Å². The maximum Gasteiger partial charge on any atom is 0.318 e. The van der Waals surface area contributed by atoms with E-state index in [9.17, 15) is 0 Å². The molecule has 1 aliphatic rings. The summed E-state index contributed by atoms with van der Waals surface area (Å²) in [5.41, 5.74) is 0. The zero-order valence-electron chi connectivity index (χ0n) is 10.1. The van der Waals surface area contributed by atoms with Gasteiger partial charge >= 0.3 is 6.01 Å². The Bertz CT molecular complexity index is 357. The topological polar surface area (TPSA) is 83.7 Å². The summed E-state index contributed by atoms with van der Waals surface area (Å²) < 4.78 is 10.9. The van der Waals surface area contributed by atoms with E-state index in [2.05, 4.69) is 15.5 Å².